The summed E-state index contributed by atoms with van der Waals surface area (Å²) in [5.41, 5.74) is 4.38. The number of allylic oxidation sites excluding steroid dienone is 2. The van der Waals surface area contributed by atoms with Crippen LogP contribution in [0.4, 0.5) is 0 Å². The summed E-state index contributed by atoms with van der Waals surface area (Å²) in [6.07, 6.45) is 8.28. The van der Waals surface area contributed by atoms with E-state index in [1.54, 1.807) is 0 Å². The predicted molar refractivity (Wildman–Crippen MR) is 108 cm³/mol. The lowest BCUT2D eigenvalue weighted by atomic mass is 9.97. The number of carbonyl (C=O) groups is 2. The molecule has 0 bridgehead atoms. The van der Waals surface area contributed by atoms with E-state index in [-0.39, 0.29) is 18.1 Å². The Hall–Kier alpha value is -2.82. The van der Waals surface area contributed by atoms with E-state index in [1.165, 1.54) is 55.5 Å². The minimum atomic E-state index is -0.577. The number of benzene rings is 1. The Kier molecular flexibility index (Phi) is 6.34. The van der Waals surface area contributed by atoms with Gasteiger partial charge in [0.15, 0.2) is 6.61 Å². The van der Waals surface area contributed by atoms with Crippen molar-refractivity contribution in [1.29, 1.82) is 0 Å². The molecule has 1 aromatic carbocycles. The number of hydrogen-bond donors (Lipinski definition) is 1. The van der Waals surface area contributed by atoms with Crippen LogP contribution in [0.15, 0.2) is 42.0 Å². The molecule has 0 unspecified atom stereocenters. The van der Waals surface area contributed by atoms with Crippen molar-refractivity contribution >= 4 is 11.8 Å². The van der Waals surface area contributed by atoms with Crippen LogP contribution >= 0.6 is 0 Å². The molecule has 1 N–H and O–H groups in total. The number of aromatic nitrogens is 1. The Bertz CT molecular complexity index is 890. The first-order chi connectivity index (χ1) is 13.5. The molecule has 1 aliphatic rings. The zero-order valence-electron chi connectivity index (χ0n) is 16.5. The van der Waals surface area contributed by atoms with Gasteiger partial charge < -0.3 is 14.4 Å². The van der Waals surface area contributed by atoms with Gasteiger partial charge in [-0.15, -0.1) is 0 Å². The highest BCUT2D eigenvalue weighted by Crippen LogP contribution is 2.23. The van der Waals surface area contributed by atoms with E-state index in [4.69, 9.17) is 4.74 Å². The summed E-state index contributed by atoms with van der Waals surface area (Å²) in [5.74, 6) is -0.709. The molecule has 5 heteroatoms. The molecule has 3 rings (SSSR count). The molecule has 0 saturated carbocycles. The van der Waals surface area contributed by atoms with E-state index >= 15 is 0 Å². The van der Waals surface area contributed by atoms with Gasteiger partial charge in [-0.05, 0) is 76.3 Å². The number of ether oxygens (including phenoxy) is 1. The molecule has 1 heterocycles. The maximum atomic E-state index is 12.6. The van der Waals surface area contributed by atoms with E-state index < -0.39 is 5.97 Å². The van der Waals surface area contributed by atoms with E-state index in [0.717, 1.165) is 24.4 Å². The molecule has 1 aliphatic carbocycles. The first kappa shape index (κ1) is 19.9. The van der Waals surface area contributed by atoms with E-state index in [0.29, 0.717) is 11.1 Å². The van der Waals surface area contributed by atoms with Crippen molar-refractivity contribution in [3.05, 3.63) is 64.5 Å². The lowest BCUT2D eigenvalue weighted by Crippen LogP contribution is -2.15. The average molecular weight is 381 g/mol. The molecule has 0 saturated heterocycles. The standard InChI is InChI=1S/C23H27NO4/c1-16-14-21(17(2)24(16)13-12-18-6-4-3-5-7-18)22(26)15-28-23(27)19-8-10-20(25)11-9-19/h6,8-11,14,25H,3-5,7,12-13,15H2,1-2H3. The topological polar surface area (TPSA) is 68.5 Å². The maximum absolute atomic E-state index is 12.6. The molecule has 0 amide bonds. The number of ketones is 1. The minimum absolute atomic E-state index is 0.0732. The molecular weight excluding hydrogens is 354 g/mol. The van der Waals surface area contributed by atoms with Gasteiger partial charge in [0.25, 0.3) is 0 Å². The fourth-order valence-electron chi connectivity index (χ4n) is 3.70. The molecule has 5 nitrogen and oxygen atoms in total. The number of rotatable bonds is 7. The number of aryl methyl sites for hydroxylation is 1. The predicted octanol–water partition coefficient (Wildman–Crippen LogP) is 4.74. The zero-order chi connectivity index (χ0) is 20.1. The number of Topliss-reactive ketones (excluding diaryl/α,β-unsaturated/α-hetero) is 1. The third kappa shape index (κ3) is 4.71. The van der Waals surface area contributed by atoms with Gasteiger partial charge in [0, 0.05) is 23.5 Å². The SMILES string of the molecule is Cc1cc(C(=O)COC(=O)c2ccc(O)cc2)c(C)n1CCC1=CCCCC1. The normalized spacial score (nSPS) is 13.9. The number of esters is 1. The second-order valence-electron chi connectivity index (χ2n) is 7.34. The summed E-state index contributed by atoms with van der Waals surface area (Å²) in [4.78, 5) is 24.6. The van der Waals surface area contributed by atoms with Crippen LogP contribution in [0.1, 0.15) is 64.2 Å². The fourth-order valence-corrected chi connectivity index (χ4v) is 3.70. The van der Waals surface area contributed by atoms with E-state index in [2.05, 4.69) is 10.6 Å². The third-order valence-corrected chi connectivity index (χ3v) is 5.35. The average Bonchev–Trinajstić information content (AvgIpc) is 2.99. The van der Waals surface area contributed by atoms with Gasteiger partial charge in [-0.25, -0.2) is 4.79 Å². The van der Waals surface area contributed by atoms with Crippen molar-refractivity contribution in [3.8, 4) is 5.75 Å². The molecule has 0 atom stereocenters. The molecular formula is C23H27NO4. The Balaban J connectivity index is 1.61. The van der Waals surface area contributed by atoms with Crippen LogP contribution in [0.5, 0.6) is 5.75 Å². The van der Waals surface area contributed by atoms with Crippen molar-refractivity contribution in [2.45, 2.75) is 52.5 Å². The van der Waals surface area contributed by atoms with Crippen LogP contribution in [0.25, 0.3) is 0 Å². The number of hydrogen-bond acceptors (Lipinski definition) is 4. The first-order valence-corrected chi connectivity index (χ1v) is 9.79. The van der Waals surface area contributed by atoms with Crippen molar-refractivity contribution in [2.24, 2.45) is 0 Å². The van der Waals surface area contributed by atoms with Gasteiger partial charge in [0.05, 0.1) is 5.56 Å². The Labute approximate surface area is 165 Å². The molecule has 0 aliphatic heterocycles. The van der Waals surface area contributed by atoms with Gasteiger partial charge in [0.2, 0.25) is 5.78 Å². The van der Waals surface area contributed by atoms with Crippen LogP contribution in [0.2, 0.25) is 0 Å². The highest BCUT2D eigenvalue weighted by atomic mass is 16.5. The molecule has 148 valence electrons. The van der Waals surface area contributed by atoms with E-state index in [1.807, 2.05) is 19.9 Å². The highest BCUT2D eigenvalue weighted by Gasteiger charge is 2.18. The summed E-state index contributed by atoms with van der Waals surface area (Å²) in [5, 5.41) is 9.28. The summed E-state index contributed by atoms with van der Waals surface area (Å²) in [6, 6.07) is 7.63. The number of aromatic hydroxyl groups is 1. The van der Waals surface area contributed by atoms with Crippen molar-refractivity contribution in [2.75, 3.05) is 6.61 Å². The van der Waals surface area contributed by atoms with Crippen LogP contribution in [0, 0.1) is 13.8 Å². The summed E-state index contributed by atoms with van der Waals surface area (Å²) in [6.45, 7) is 4.51. The summed E-state index contributed by atoms with van der Waals surface area (Å²) < 4.78 is 7.33. The van der Waals surface area contributed by atoms with Crippen LogP contribution in [-0.2, 0) is 11.3 Å². The van der Waals surface area contributed by atoms with Crippen molar-refractivity contribution in [3.63, 3.8) is 0 Å². The second kappa shape index (κ2) is 8.91. The molecule has 0 spiro atoms. The minimum Gasteiger partial charge on any atom is -0.508 e. The molecule has 28 heavy (non-hydrogen) atoms. The number of phenolic OH excluding ortho intramolecular Hbond substituents is 1. The number of phenols is 1. The number of carbonyl (C=O) groups excluding carboxylic acids is 2. The first-order valence-electron chi connectivity index (χ1n) is 9.79. The van der Waals surface area contributed by atoms with Gasteiger partial charge in [-0.2, -0.15) is 0 Å². The van der Waals surface area contributed by atoms with E-state index in [9.17, 15) is 14.7 Å². The Morgan fingerprint density at radius 1 is 1.14 bits per heavy atom. The monoisotopic (exact) mass is 381 g/mol. The van der Waals surface area contributed by atoms with Crippen LogP contribution < -0.4 is 0 Å². The quantitative estimate of drug-likeness (QED) is 0.427. The molecule has 1 aromatic heterocycles. The Morgan fingerprint density at radius 3 is 2.57 bits per heavy atom. The molecule has 0 fully saturated rings. The smallest absolute Gasteiger partial charge is 0.338 e. The summed E-state index contributed by atoms with van der Waals surface area (Å²) >= 11 is 0. The maximum Gasteiger partial charge on any atom is 0.338 e. The lowest BCUT2D eigenvalue weighted by molar-refractivity contribution is 0.0474. The van der Waals surface area contributed by atoms with Crippen molar-refractivity contribution in [1.82, 2.24) is 4.57 Å². The van der Waals surface area contributed by atoms with Gasteiger partial charge in [-0.1, -0.05) is 11.6 Å². The lowest BCUT2D eigenvalue weighted by Gasteiger charge is -2.15. The van der Waals surface area contributed by atoms with Gasteiger partial charge in [-0.3, -0.25) is 4.79 Å². The highest BCUT2D eigenvalue weighted by molar-refractivity contribution is 6.00. The van der Waals surface area contributed by atoms with Gasteiger partial charge >= 0.3 is 5.97 Å². The van der Waals surface area contributed by atoms with Crippen LogP contribution in [-0.4, -0.2) is 28.0 Å². The zero-order valence-corrected chi connectivity index (χ0v) is 16.5. The van der Waals surface area contributed by atoms with Crippen molar-refractivity contribution < 1.29 is 19.4 Å². The van der Waals surface area contributed by atoms with Gasteiger partial charge in [0.1, 0.15) is 5.75 Å². The Morgan fingerprint density at radius 2 is 1.89 bits per heavy atom. The summed E-state index contributed by atoms with van der Waals surface area (Å²) in [7, 11) is 0. The fraction of sp³-hybridized carbons (Fsp3) is 0.391. The van der Waals surface area contributed by atoms with Crippen LogP contribution in [0.3, 0.4) is 0 Å². The molecule has 2 aromatic rings. The number of nitrogens with zero attached hydrogens (tertiary/aromatic N) is 1. The molecule has 0 radical (unpaired) electrons. The third-order valence-electron chi connectivity index (χ3n) is 5.35. The second-order valence-corrected chi connectivity index (χ2v) is 7.34. The largest absolute Gasteiger partial charge is 0.508 e.